The number of carbonyl (C=O) groups is 1. The lowest BCUT2D eigenvalue weighted by atomic mass is 10.1. The van der Waals surface area contributed by atoms with Crippen molar-refractivity contribution in [3.63, 3.8) is 0 Å². The lowest BCUT2D eigenvalue weighted by molar-refractivity contribution is -0.121. The number of aromatic nitrogens is 1. The van der Waals surface area contributed by atoms with E-state index in [0.717, 1.165) is 5.56 Å². The molecular weight excluding hydrogens is 358 g/mol. The molecule has 0 spiro atoms. The van der Waals surface area contributed by atoms with Crippen LogP contribution in [-0.2, 0) is 27.8 Å². The van der Waals surface area contributed by atoms with E-state index in [1.54, 1.807) is 36.4 Å². The van der Waals surface area contributed by atoms with Crippen molar-refractivity contribution in [3.05, 3.63) is 64.6 Å². The van der Waals surface area contributed by atoms with Crippen LogP contribution in [0.5, 0.6) is 0 Å². The maximum atomic E-state index is 12.1. The summed E-state index contributed by atoms with van der Waals surface area (Å²) in [6.07, 6.45) is 0.512. The molecule has 0 unspecified atom stereocenters. The smallest absolute Gasteiger partial charge is 0.408 e. The van der Waals surface area contributed by atoms with Crippen LogP contribution in [0.15, 0.2) is 62.6 Å². The predicted octanol–water partition coefficient (Wildman–Crippen LogP) is 0.601. The number of fused-ring (bicyclic) bond motifs is 1. The number of benzene rings is 2. The number of carbonyl (C=O) groups excluding carboxylic acids is 1. The van der Waals surface area contributed by atoms with Gasteiger partial charge in [0.15, 0.2) is 5.58 Å². The second-order valence-corrected chi connectivity index (χ2v) is 7.27. The molecule has 8 nitrogen and oxygen atoms in total. The second-order valence-electron chi connectivity index (χ2n) is 5.71. The molecule has 0 bridgehead atoms. The van der Waals surface area contributed by atoms with Crippen molar-refractivity contribution in [3.8, 4) is 0 Å². The molecule has 0 saturated heterocycles. The molecule has 1 heterocycles. The highest BCUT2D eigenvalue weighted by Crippen LogP contribution is 2.11. The molecule has 0 fully saturated rings. The number of sulfonamides is 1. The van der Waals surface area contributed by atoms with Gasteiger partial charge in [-0.25, -0.2) is 18.4 Å². The van der Waals surface area contributed by atoms with E-state index in [1.807, 2.05) is 0 Å². The minimum absolute atomic E-state index is 0.0384. The fraction of sp³-hybridized carbons (Fsp3) is 0.176. The third-order valence-electron chi connectivity index (χ3n) is 3.86. The SMILES string of the molecule is NS(=O)(=O)c1ccc(CCNC(=O)Cn2c(=O)oc3ccccc32)cc1. The quantitative estimate of drug-likeness (QED) is 0.653. The Morgan fingerprint density at radius 2 is 1.81 bits per heavy atom. The van der Waals surface area contributed by atoms with E-state index in [2.05, 4.69) is 5.32 Å². The van der Waals surface area contributed by atoms with Gasteiger partial charge in [-0.1, -0.05) is 24.3 Å². The van der Waals surface area contributed by atoms with Crippen molar-refractivity contribution in [2.45, 2.75) is 17.9 Å². The first kappa shape index (κ1) is 17.9. The largest absolute Gasteiger partial charge is 0.420 e. The van der Waals surface area contributed by atoms with Crippen molar-refractivity contribution in [1.82, 2.24) is 9.88 Å². The summed E-state index contributed by atoms with van der Waals surface area (Å²) in [5.41, 5.74) is 1.84. The molecule has 3 rings (SSSR count). The normalized spacial score (nSPS) is 11.6. The monoisotopic (exact) mass is 375 g/mol. The maximum absolute atomic E-state index is 12.1. The molecule has 0 aliphatic rings. The third-order valence-corrected chi connectivity index (χ3v) is 4.79. The molecule has 0 atom stereocenters. The topological polar surface area (TPSA) is 124 Å². The molecule has 1 aromatic heterocycles. The zero-order chi connectivity index (χ0) is 18.7. The molecule has 9 heteroatoms. The molecule has 0 aliphatic carbocycles. The van der Waals surface area contributed by atoms with Gasteiger partial charge < -0.3 is 9.73 Å². The highest BCUT2D eigenvalue weighted by Gasteiger charge is 2.12. The average Bonchev–Trinajstić information content (AvgIpc) is 2.90. The zero-order valence-electron chi connectivity index (χ0n) is 13.7. The molecule has 0 saturated carbocycles. The Hall–Kier alpha value is -2.91. The molecule has 0 radical (unpaired) electrons. The van der Waals surface area contributed by atoms with Crippen molar-refractivity contribution < 1.29 is 17.6 Å². The van der Waals surface area contributed by atoms with Crippen molar-refractivity contribution in [1.29, 1.82) is 0 Å². The summed E-state index contributed by atoms with van der Waals surface area (Å²) in [5, 5.41) is 7.77. The van der Waals surface area contributed by atoms with Gasteiger partial charge in [-0.3, -0.25) is 9.36 Å². The zero-order valence-corrected chi connectivity index (χ0v) is 14.5. The van der Waals surface area contributed by atoms with E-state index in [0.29, 0.717) is 24.1 Å². The molecule has 3 aromatic rings. The summed E-state index contributed by atoms with van der Waals surface area (Å²) in [6, 6.07) is 13.0. The van der Waals surface area contributed by atoms with Crippen LogP contribution in [0, 0.1) is 0 Å². The van der Waals surface area contributed by atoms with Crippen LogP contribution in [0.25, 0.3) is 11.1 Å². The van der Waals surface area contributed by atoms with Crippen LogP contribution in [0.4, 0.5) is 0 Å². The predicted molar refractivity (Wildman–Crippen MR) is 95.0 cm³/mol. The van der Waals surface area contributed by atoms with Crippen molar-refractivity contribution in [2.24, 2.45) is 5.14 Å². The maximum Gasteiger partial charge on any atom is 0.420 e. The first-order valence-electron chi connectivity index (χ1n) is 7.81. The summed E-state index contributed by atoms with van der Waals surface area (Å²) in [7, 11) is -3.72. The standard InChI is InChI=1S/C17H17N3O5S/c18-26(23,24)13-7-5-12(6-8-13)9-10-19-16(21)11-20-14-3-1-2-4-15(14)25-17(20)22/h1-8H,9-11H2,(H,19,21)(H2,18,23,24). The molecule has 3 N–H and O–H groups in total. The fourth-order valence-corrected chi connectivity index (χ4v) is 3.07. The number of rotatable bonds is 6. The number of oxazole rings is 1. The van der Waals surface area contributed by atoms with Crippen LogP contribution >= 0.6 is 0 Å². The van der Waals surface area contributed by atoms with E-state index in [1.165, 1.54) is 16.7 Å². The second kappa shape index (κ2) is 7.14. The number of hydrogen-bond donors (Lipinski definition) is 2. The number of para-hydroxylation sites is 2. The summed E-state index contributed by atoms with van der Waals surface area (Å²) in [6.45, 7) is 0.207. The average molecular weight is 375 g/mol. The molecule has 0 aliphatic heterocycles. The Morgan fingerprint density at radius 1 is 1.12 bits per heavy atom. The summed E-state index contributed by atoms with van der Waals surface area (Å²) in [5.74, 6) is -0.903. The number of primary sulfonamides is 1. The number of nitrogens with one attached hydrogen (secondary N) is 1. The van der Waals surface area contributed by atoms with Gasteiger partial charge in [-0.05, 0) is 36.2 Å². The number of nitrogens with two attached hydrogens (primary N) is 1. The number of hydrogen-bond acceptors (Lipinski definition) is 5. The lowest BCUT2D eigenvalue weighted by Crippen LogP contribution is -2.32. The molecule has 136 valence electrons. The van der Waals surface area contributed by atoms with Crippen molar-refractivity contribution in [2.75, 3.05) is 6.54 Å². The van der Waals surface area contributed by atoms with Crippen molar-refractivity contribution >= 4 is 27.0 Å². The Bertz CT molecular complexity index is 1100. The van der Waals surface area contributed by atoms with E-state index in [9.17, 15) is 18.0 Å². The lowest BCUT2D eigenvalue weighted by Gasteiger charge is -2.06. The fourth-order valence-electron chi connectivity index (χ4n) is 2.56. The van der Waals surface area contributed by atoms with Gasteiger partial charge in [-0.15, -0.1) is 0 Å². The molecule has 26 heavy (non-hydrogen) atoms. The van der Waals surface area contributed by atoms with Crippen LogP contribution in [0.3, 0.4) is 0 Å². The summed E-state index contributed by atoms with van der Waals surface area (Å²) in [4.78, 5) is 24.0. The highest BCUT2D eigenvalue weighted by atomic mass is 32.2. The van der Waals surface area contributed by atoms with Crippen LogP contribution in [-0.4, -0.2) is 25.4 Å². The first-order chi connectivity index (χ1) is 12.3. The van der Waals surface area contributed by atoms with E-state index < -0.39 is 15.8 Å². The Morgan fingerprint density at radius 3 is 2.50 bits per heavy atom. The molecule has 2 aromatic carbocycles. The Balaban J connectivity index is 1.57. The third kappa shape index (κ3) is 4.01. The number of amides is 1. The van der Waals surface area contributed by atoms with E-state index >= 15 is 0 Å². The Labute approximate surface area is 149 Å². The molecule has 1 amide bonds. The number of nitrogens with zero attached hydrogens (tertiary/aromatic N) is 1. The van der Waals surface area contributed by atoms with Crippen LogP contribution in [0.1, 0.15) is 5.56 Å². The Kier molecular flexibility index (Phi) is 4.92. The van der Waals surface area contributed by atoms with Gasteiger partial charge in [0.1, 0.15) is 6.54 Å². The first-order valence-corrected chi connectivity index (χ1v) is 9.36. The molecular formula is C17H17N3O5S. The van der Waals surface area contributed by atoms with Gasteiger partial charge >= 0.3 is 5.76 Å². The van der Waals surface area contributed by atoms with Gasteiger partial charge in [0, 0.05) is 6.54 Å². The minimum Gasteiger partial charge on any atom is -0.408 e. The van der Waals surface area contributed by atoms with E-state index in [-0.39, 0.29) is 17.3 Å². The van der Waals surface area contributed by atoms with Gasteiger partial charge in [0.05, 0.1) is 10.4 Å². The minimum atomic E-state index is -3.72. The summed E-state index contributed by atoms with van der Waals surface area (Å²) < 4.78 is 28.8. The highest BCUT2D eigenvalue weighted by molar-refractivity contribution is 7.89. The van der Waals surface area contributed by atoms with Crippen LogP contribution in [0.2, 0.25) is 0 Å². The van der Waals surface area contributed by atoms with Crippen LogP contribution < -0.4 is 16.2 Å². The van der Waals surface area contributed by atoms with Gasteiger partial charge in [0.25, 0.3) is 0 Å². The summed E-state index contributed by atoms with van der Waals surface area (Å²) >= 11 is 0. The van der Waals surface area contributed by atoms with Gasteiger partial charge in [0.2, 0.25) is 15.9 Å². The van der Waals surface area contributed by atoms with E-state index in [4.69, 9.17) is 9.56 Å². The van der Waals surface area contributed by atoms with Gasteiger partial charge in [-0.2, -0.15) is 0 Å².